The fourth-order valence-corrected chi connectivity index (χ4v) is 4.39. The van der Waals surface area contributed by atoms with E-state index < -0.39 is 0 Å². The zero-order valence-corrected chi connectivity index (χ0v) is 18.9. The largest absolute Gasteiger partial charge is 0.493 e. The first-order chi connectivity index (χ1) is 15.0. The first-order valence-corrected chi connectivity index (χ1v) is 10.8. The molecule has 0 aliphatic rings. The Kier molecular flexibility index (Phi) is 6.11. The molecule has 0 unspecified atom stereocenters. The van der Waals surface area contributed by atoms with Crippen LogP contribution >= 0.6 is 22.9 Å². The fraction of sp³-hybridized carbons (Fsp3) is 0.227. The molecule has 2 aromatic heterocycles. The summed E-state index contributed by atoms with van der Waals surface area (Å²) >= 11 is 7.53. The smallest absolute Gasteiger partial charge is 0.251 e. The number of aryl methyl sites for hydroxylation is 1. The maximum Gasteiger partial charge on any atom is 0.251 e. The van der Waals surface area contributed by atoms with Gasteiger partial charge in [0.25, 0.3) is 5.91 Å². The summed E-state index contributed by atoms with van der Waals surface area (Å²) in [5.41, 5.74) is 2.46. The van der Waals surface area contributed by atoms with E-state index in [0.29, 0.717) is 40.9 Å². The number of ether oxygens (including phenoxy) is 2. The van der Waals surface area contributed by atoms with Crippen LogP contribution in [-0.4, -0.2) is 41.3 Å². The quantitative estimate of drug-likeness (QED) is 0.445. The number of hydrogen-bond acceptors (Lipinski definition) is 6. The maximum absolute atomic E-state index is 12.5. The molecule has 0 saturated heterocycles. The summed E-state index contributed by atoms with van der Waals surface area (Å²) in [7, 11) is 3.10. The number of amides is 1. The van der Waals surface area contributed by atoms with E-state index in [9.17, 15) is 4.79 Å². The number of nitrogens with zero attached hydrogens (tertiary/aromatic N) is 3. The molecule has 0 saturated carbocycles. The molecule has 1 N–H and O–H groups in total. The summed E-state index contributed by atoms with van der Waals surface area (Å²) in [5.74, 6) is 1.61. The van der Waals surface area contributed by atoms with Gasteiger partial charge in [0.2, 0.25) is 4.96 Å². The highest BCUT2D eigenvalue weighted by atomic mass is 35.5. The number of carbonyl (C=O) groups is 1. The van der Waals surface area contributed by atoms with Gasteiger partial charge < -0.3 is 14.8 Å². The predicted octanol–water partition coefficient (Wildman–Crippen LogP) is 4.41. The lowest BCUT2D eigenvalue weighted by atomic mass is 10.2. The van der Waals surface area contributed by atoms with Crippen LogP contribution in [0, 0.1) is 6.92 Å². The zero-order chi connectivity index (χ0) is 22.0. The lowest BCUT2D eigenvalue weighted by molar-refractivity contribution is 0.0953. The number of hydrogen-bond donors (Lipinski definition) is 1. The summed E-state index contributed by atoms with van der Waals surface area (Å²) in [4.78, 5) is 19.1. The van der Waals surface area contributed by atoms with Crippen LogP contribution in [0.3, 0.4) is 0 Å². The SMILES string of the molecule is COc1ccc(C(=O)NCCc2sc3nc(-c4ccc(Cl)cc4)nn3c2C)cc1OC. The molecule has 0 bridgehead atoms. The van der Waals surface area contributed by atoms with Crippen molar-refractivity contribution in [3.63, 3.8) is 0 Å². The number of nitrogens with one attached hydrogen (secondary N) is 1. The van der Waals surface area contributed by atoms with Gasteiger partial charge in [-0.25, -0.2) is 4.52 Å². The molecule has 2 aromatic carbocycles. The standard InChI is InChI=1S/C22H21ClN4O3S/c1-13-19(10-11-24-21(28)15-6-9-17(29-2)18(12-15)30-3)31-22-25-20(26-27(13)22)14-4-7-16(23)8-5-14/h4-9,12H,10-11H2,1-3H3,(H,24,28). The van der Waals surface area contributed by atoms with Crippen molar-refractivity contribution in [1.82, 2.24) is 19.9 Å². The minimum absolute atomic E-state index is 0.164. The van der Waals surface area contributed by atoms with Crippen molar-refractivity contribution in [2.24, 2.45) is 0 Å². The Labute approximate surface area is 188 Å². The van der Waals surface area contributed by atoms with Gasteiger partial charge in [0, 0.05) is 34.0 Å². The molecule has 4 aromatic rings. The average Bonchev–Trinajstić information content (AvgIpc) is 3.33. The molecule has 0 aliphatic carbocycles. The summed E-state index contributed by atoms with van der Waals surface area (Å²) < 4.78 is 12.3. The van der Waals surface area contributed by atoms with Gasteiger partial charge in [-0.2, -0.15) is 4.98 Å². The van der Waals surface area contributed by atoms with E-state index in [1.807, 2.05) is 35.7 Å². The van der Waals surface area contributed by atoms with Gasteiger partial charge in [0.05, 0.1) is 19.9 Å². The number of rotatable bonds is 7. The Bertz CT molecular complexity index is 1230. The van der Waals surface area contributed by atoms with Crippen LogP contribution in [0.15, 0.2) is 42.5 Å². The van der Waals surface area contributed by atoms with Gasteiger partial charge in [0.15, 0.2) is 17.3 Å². The lowest BCUT2D eigenvalue weighted by Crippen LogP contribution is -2.25. The minimum Gasteiger partial charge on any atom is -0.493 e. The van der Waals surface area contributed by atoms with E-state index in [1.165, 1.54) is 0 Å². The van der Waals surface area contributed by atoms with Crippen LogP contribution in [0.4, 0.5) is 0 Å². The van der Waals surface area contributed by atoms with Crippen molar-refractivity contribution in [3.8, 4) is 22.9 Å². The van der Waals surface area contributed by atoms with E-state index in [4.69, 9.17) is 21.1 Å². The Morgan fingerprint density at radius 1 is 1.13 bits per heavy atom. The van der Waals surface area contributed by atoms with Crippen LogP contribution in [-0.2, 0) is 6.42 Å². The van der Waals surface area contributed by atoms with Crippen LogP contribution in [0.5, 0.6) is 11.5 Å². The zero-order valence-electron chi connectivity index (χ0n) is 17.3. The van der Waals surface area contributed by atoms with Crippen LogP contribution in [0.1, 0.15) is 20.9 Å². The normalized spacial score (nSPS) is 11.0. The molecule has 0 spiro atoms. The second-order valence-electron chi connectivity index (χ2n) is 6.82. The molecule has 4 rings (SSSR count). The number of thiazole rings is 1. The molecule has 0 aliphatic heterocycles. The van der Waals surface area contributed by atoms with Crippen LogP contribution in [0.2, 0.25) is 5.02 Å². The minimum atomic E-state index is -0.164. The fourth-order valence-electron chi connectivity index (χ4n) is 3.21. The number of halogens is 1. The molecule has 9 heteroatoms. The summed E-state index contributed by atoms with van der Waals surface area (Å²) in [6, 6.07) is 12.6. The van der Waals surface area contributed by atoms with Gasteiger partial charge in [-0.1, -0.05) is 22.9 Å². The second-order valence-corrected chi connectivity index (χ2v) is 8.32. The molecule has 0 fully saturated rings. The third-order valence-electron chi connectivity index (χ3n) is 4.90. The van der Waals surface area contributed by atoms with Crippen molar-refractivity contribution < 1.29 is 14.3 Å². The molecule has 31 heavy (non-hydrogen) atoms. The number of aromatic nitrogens is 3. The van der Waals surface area contributed by atoms with Crippen molar-refractivity contribution >= 4 is 33.8 Å². The highest BCUT2D eigenvalue weighted by Crippen LogP contribution is 2.28. The monoisotopic (exact) mass is 456 g/mol. The Morgan fingerprint density at radius 3 is 2.55 bits per heavy atom. The van der Waals surface area contributed by atoms with Crippen molar-refractivity contribution in [2.45, 2.75) is 13.3 Å². The average molecular weight is 457 g/mol. The van der Waals surface area contributed by atoms with E-state index in [0.717, 1.165) is 21.1 Å². The molecular formula is C22H21ClN4O3S. The van der Waals surface area contributed by atoms with Gasteiger partial charge in [-0.05, 0) is 49.4 Å². The second kappa shape index (κ2) is 8.95. The third kappa shape index (κ3) is 4.35. The molecule has 0 radical (unpaired) electrons. The number of fused-ring (bicyclic) bond motifs is 1. The highest BCUT2D eigenvalue weighted by molar-refractivity contribution is 7.17. The van der Waals surface area contributed by atoms with Gasteiger partial charge in [-0.15, -0.1) is 5.10 Å². The van der Waals surface area contributed by atoms with E-state index in [1.54, 1.807) is 43.8 Å². The van der Waals surface area contributed by atoms with Crippen molar-refractivity contribution in [2.75, 3.05) is 20.8 Å². The van der Waals surface area contributed by atoms with Gasteiger partial charge in [0.1, 0.15) is 0 Å². The molecular weight excluding hydrogens is 436 g/mol. The number of carbonyl (C=O) groups excluding carboxylic acids is 1. The van der Waals surface area contributed by atoms with Crippen LogP contribution < -0.4 is 14.8 Å². The lowest BCUT2D eigenvalue weighted by Gasteiger charge is -2.10. The predicted molar refractivity (Wildman–Crippen MR) is 122 cm³/mol. The topological polar surface area (TPSA) is 77.8 Å². The van der Waals surface area contributed by atoms with Gasteiger partial charge >= 0.3 is 0 Å². The maximum atomic E-state index is 12.5. The first kappa shape index (κ1) is 21.1. The van der Waals surface area contributed by atoms with Crippen LogP contribution in [0.25, 0.3) is 16.3 Å². The van der Waals surface area contributed by atoms with E-state index in [2.05, 4.69) is 15.4 Å². The molecule has 1 amide bonds. The Hall–Kier alpha value is -3.10. The molecule has 0 atom stereocenters. The Balaban J connectivity index is 1.42. The number of benzene rings is 2. The molecule has 7 nitrogen and oxygen atoms in total. The van der Waals surface area contributed by atoms with Crippen molar-refractivity contribution in [1.29, 1.82) is 0 Å². The summed E-state index contributed by atoms with van der Waals surface area (Å²) in [6.07, 6.45) is 0.691. The Morgan fingerprint density at radius 2 is 1.87 bits per heavy atom. The van der Waals surface area contributed by atoms with Crippen molar-refractivity contribution in [3.05, 3.63) is 63.6 Å². The molecule has 2 heterocycles. The summed E-state index contributed by atoms with van der Waals surface area (Å²) in [6.45, 7) is 2.51. The first-order valence-electron chi connectivity index (χ1n) is 9.61. The highest BCUT2D eigenvalue weighted by Gasteiger charge is 2.15. The third-order valence-corrected chi connectivity index (χ3v) is 6.34. The molecule has 160 valence electrons. The van der Waals surface area contributed by atoms with E-state index in [-0.39, 0.29) is 5.91 Å². The summed E-state index contributed by atoms with van der Waals surface area (Å²) in [5, 5.41) is 8.25. The number of methoxy groups -OCH3 is 2. The van der Waals surface area contributed by atoms with E-state index >= 15 is 0 Å². The van der Waals surface area contributed by atoms with Gasteiger partial charge in [-0.3, -0.25) is 4.79 Å².